The predicted octanol–water partition coefficient (Wildman–Crippen LogP) is 6.65. The molecule has 0 saturated carbocycles. The van der Waals surface area contributed by atoms with Gasteiger partial charge in [0.25, 0.3) is 5.69 Å². The Hall–Kier alpha value is -4.87. The molecule has 0 saturated heterocycles. The molecule has 3 aromatic heterocycles. The van der Waals surface area contributed by atoms with E-state index < -0.39 is 4.92 Å². The SMILES string of the molecule is O=[N+]([O-])c1ccc(C=Nn2c(-c3cc(-c4cc5ccccc5o4)n(-c4ccccc4)n3)n[nH]c2=S)c(Cl)c1. The lowest BCUT2D eigenvalue weighted by Gasteiger charge is -2.04. The number of furan rings is 1. The fourth-order valence-electron chi connectivity index (χ4n) is 3.96. The molecule has 3 aromatic carbocycles. The molecule has 0 spiro atoms. The van der Waals surface area contributed by atoms with Crippen molar-refractivity contribution in [2.75, 3.05) is 0 Å². The molecule has 1 N–H and O–H groups in total. The van der Waals surface area contributed by atoms with Gasteiger partial charge in [0.2, 0.25) is 10.6 Å². The number of halogens is 1. The Labute approximate surface area is 224 Å². The molecule has 0 amide bonds. The monoisotopic (exact) mass is 541 g/mol. The first kappa shape index (κ1) is 23.5. The van der Waals surface area contributed by atoms with Crippen molar-refractivity contribution in [3.8, 4) is 28.7 Å². The molecule has 186 valence electrons. The summed E-state index contributed by atoms with van der Waals surface area (Å²) in [4.78, 5) is 10.5. The second-order valence-electron chi connectivity index (χ2n) is 8.18. The molecule has 38 heavy (non-hydrogen) atoms. The van der Waals surface area contributed by atoms with Gasteiger partial charge in [-0.05, 0) is 48.6 Å². The lowest BCUT2D eigenvalue weighted by molar-refractivity contribution is -0.384. The average molecular weight is 542 g/mol. The van der Waals surface area contributed by atoms with Gasteiger partial charge >= 0.3 is 0 Å². The Balaban J connectivity index is 1.45. The van der Waals surface area contributed by atoms with Crippen molar-refractivity contribution in [1.82, 2.24) is 24.7 Å². The predicted molar refractivity (Wildman–Crippen MR) is 146 cm³/mol. The summed E-state index contributed by atoms with van der Waals surface area (Å²) in [6, 6.07) is 25.4. The molecule has 0 atom stereocenters. The topological polar surface area (TPSA) is 120 Å². The van der Waals surface area contributed by atoms with E-state index in [9.17, 15) is 10.1 Å². The number of nitrogens with zero attached hydrogens (tertiary/aromatic N) is 6. The maximum Gasteiger partial charge on any atom is 0.270 e. The molecule has 0 radical (unpaired) electrons. The molecule has 0 aliphatic heterocycles. The fraction of sp³-hybridized carbons (Fsp3) is 0. The van der Waals surface area contributed by atoms with Crippen LogP contribution in [0.15, 0.2) is 94.4 Å². The van der Waals surface area contributed by atoms with Crippen molar-refractivity contribution in [2.24, 2.45) is 5.10 Å². The number of fused-ring (bicyclic) bond motifs is 1. The Morgan fingerprint density at radius 3 is 2.61 bits per heavy atom. The lowest BCUT2D eigenvalue weighted by atomic mass is 10.2. The van der Waals surface area contributed by atoms with Gasteiger partial charge in [-0.15, -0.1) is 0 Å². The van der Waals surface area contributed by atoms with Crippen LogP contribution in [0.5, 0.6) is 0 Å². The molecule has 0 unspecified atom stereocenters. The smallest absolute Gasteiger partial charge is 0.270 e. The quantitative estimate of drug-likeness (QED) is 0.109. The molecule has 0 aliphatic carbocycles. The van der Waals surface area contributed by atoms with Gasteiger partial charge in [-0.2, -0.15) is 20.0 Å². The molecule has 6 rings (SSSR count). The standard InChI is InChI=1S/C26H16ClN7O3S/c27-20-13-19(34(35)36)11-10-17(20)15-28-33-25(29-30-26(33)38)21-14-22(32(31-21)18-7-2-1-3-8-18)24-12-16-6-4-5-9-23(16)37-24/h1-15H,(H,30,38). The normalized spacial score (nSPS) is 11.5. The third-order valence-electron chi connectivity index (χ3n) is 5.77. The second kappa shape index (κ2) is 9.54. The van der Waals surface area contributed by atoms with Gasteiger partial charge in [0.1, 0.15) is 17.0 Å². The zero-order chi connectivity index (χ0) is 26.2. The number of nitrogens with one attached hydrogen (secondary N) is 1. The average Bonchev–Trinajstić information content (AvgIpc) is 3.64. The summed E-state index contributed by atoms with van der Waals surface area (Å²) in [7, 11) is 0. The number of non-ortho nitro benzene ring substituents is 1. The van der Waals surface area contributed by atoms with Crippen molar-refractivity contribution in [3.63, 3.8) is 0 Å². The molecule has 6 aromatic rings. The van der Waals surface area contributed by atoms with Crippen molar-refractivity contribution in [2.45, 2.75) is 0 Å². The number of aromatic nitrogens is 5. The first-order valence-electron chi connectivity index (χ1n) is 11.3. The maximum absolute atomic E-state index is 11.0. The van der Waals surface area contributed by atoms with Gasteiger partial charge in [0, 0.05) is 23.1 Å². The highest BCUT2D eigenvalue weighted by Crippen LogP contribution is 2.32. The minimum atomic E-state index is -0.514. The molecular weight excluding hydrogens is 526 g/mol. The zero-order valence-corrected chi connectivity index (χ0v) is 20.9. The van der Waals surface area contributed by atoms with E-state index in [0.29, 0.717) is 28.5 Å². The molecule has 3 heterocycles. The number of benzene rings is 3. The molecule has 12 heteroatoms. The molecule has 0 bridgehead atoms. The molecule has 0 fully saturated rings. The Morgan fingerprint density at radius 1 is 1.05 bits per heavy atom. The zero-order valence-electron chi connectivity index (χ0n) is 19.4. The number of hydrogen-bond donors (Lipinski definition) is 1. The summed E-state index contributed by atoms with van der Waals surface area (Å²) in [5.74, 6) is 0.993. The van der Waals surface area contributed by atoms with Gasteiger partial charge in [-0.3, -0.25) is 10.1 Å². The Morgan fingerprint density at radius 2 is 1.84 bits per heavy atom. The number of H-pyrrole nitrogens is 1. The molecule has 10 nitrogen and oxygen atoms in total. The van der Waals surface area contributed by atoms with Crippen LogP contribution in [0, 0.1) is 14.9 Å². The highest BCUT2D eigenvalue weighted by molar-refractivity contribution is 7.71. The van der Waals surface area contributed by atoms with Crippen molar-refractivity contribution in [1.29, 1.82) is 0 Å². The van der Waals surface area contributed by atoms with Crippen LogP contribution < -0.4 is 0 Å². The van der Waals surface area contributed by atoms with Crippen LogP contribution in [-0.4, -0.2) is 35.8 Å². The number of nitro groups is 1. The van der Waals surface area contributed by atoms with Crippen LogP contribution >= 0.6 is 23.8 Å². The van der Waals surface area contributed by atoms with Gasteiger partial charge < -0.3 is 4.42 Å². The van der Waals surface area contributed by atoms with E-state index in [2.05, 4.69) is 15.3 Å². The van der Waals surface area contributed by atoms with Crippen LogP contribution in [0.2, 0.25) is 5.02 Å². The summed E-state index contributed by atoms with van der Waals surface area (Å²) >= 11 is 11.6. The van der Waals surface area contributed by atoms with E-state index in [0.717, 1.165) is 16.7 Å². The highest BCUT2D eigenvalue weighted by atomic mass is 35.5. The van der Waals surface area contributed by atoms with E-state index in [-0.39, 0.29) is 15.5 Å². The Kier molecular flexibility index (Phi) is 5.91. The maximum atomic E-state index is 11.0. The van der Waals surface area contributed by atoms with Crippen molar-refractivity contribution >= 4 is 46.7 Å². The van der Waals surface area contributed by atoms with Crippen molar-refractivity contribution in [3.05, 3.63) is 110 Å². The summed E-state index contributed by atoms with van der Waals surface area (Å²) < 4.78 is 9.55. The number of hydrogen-bond acceptors (Lipinski definition) is 7. The van der Waals surface area contributed by atoms with Crippen LogP contribution in [0.1, 0.15) is 5.56 Å². The first-order valence-corrected chi connectivity index (χ1v) is 12.1. The summed E-state index contributed by atoms with van der Waals surface area (Å²) in [6.07, 6.45) is 1.45. The first-order chi connectivity index (χ1) is 18.5. The summed E-state index contributed by atoms with van der Waals surface area (Å²) in [5, 5.41) is 28.5. The summed E-state index contributed by atoms with van der Waals surface area (Å²) in [6.45, 7) is 0. The number of para-hydroxylation sites is 2. The van der Waals surface area contributed by atoms with Gasteiger partial charge in [0.05, 0.1) is 21.8 Å². The van der Waals surface area contributed by atoms with E-state index in [4.69, 9.17) is 33.3 Å². The number of aromatic amines is 1. The largest absolute Gasteiger partial charge is 0.454 e. The van der Waals surface area contributed by atoms with Gasteiger partial charge in [-0.1, -0.05) is 48.0 Å². The van der Waals surface area contributed by atoms with Crippen molar-refractivity contribution < 1.29 is 9.34 Å². The minimum absolute atomic E-state index is 0.114. The third-order valence-corrected chi connectivity index (χ3v) is 6.37. The van der Waals surface area contributed by atoms with Crippen LogP contribution in [0.25, 0.3) is 39.6 Å². The molecule has 0 aliphatic rings. The Bertz CT molecular complexity index is 1870. The minimum Gasteiger partial charge on any atom is -0.454 e. The van der Waals surface area contributed by atoms with E-state index >= 15 is 0 Å². The van der Waals surface area contributed by atoms with Gasteiger partial charge in [-0.25, -0.2) is 9.78 Å². The third kappa shape index (κ3) is 4.29. The van der Waals surface area contributed by atoms with E-state index in [1.807, 2.05) is 66.7 Å². The number of rotatable bonds is 6. The van der Waals surface area contributed by atoms with Gasteiger partial charge in [0.15, 0.2) is 5.76 Å². The molecular formula is C26H16ClN7O3S. The van der Waals surface area contributed by atoms with Crippen LogP contribution in [-0.2, 0) is 0 Å². The summed E-state index contributed by atoms with van der Waals surface area (Å²) in [5.41, 5.74) is 3.16. The van der Waals surface area contributed by atoms with Crippen LogP contribution in [0.4, 0.5) is 5.69 Å². The van der Waals surface area contributed by atoms with E-state index in [1.54, 1.807) is 4.68 Å². The number of nitro benzene ring substituents is 1. The van der Waals surface area contributed by atoms with Crippen LogP contribution in [0.3, 0.4) is 0 Å². The highest BCUT2D eigenvalue weighted by Gasteiger charge is 2.20. The van der Waals surface area contributed by atoms with E-state index in [1.165, 1.54) is 29.1 Å². The fourth-order valence-corrected chi connectivity index (χ4v) is 4.36. The lowest BCUT2D eigenvalue weighted by Crippen LogP contribution is -2.00. The second-order valence-corrected chi connectivity index (χ2v) is 8.98.